The number of hydrogen-bond donors (Lipinski definition) is 3. The highest BCUT2D eigenvalue weighted by atomic mass is 16.5. The number of rotatable bonds is 4. The fourth-order valence-electron chi connectivity index (χ4n) is 2.61. The molecule has 122 valence electrons. The van der Waals surface area contributed by atoms with Crippen LogP contribution in [-0.4, -0.2) is 32.3 Å². The maximum Gasteiger partial charge on any atom is 0.0871 e. The summed E-state index contributed by atoms with van der Waals surface area (Å²) in [4.78, 5) is 0. The summed E-state index contributed by atoms with van der Waals surface area (Å²) >= 11 is 0. The van der Waals surface area contributed by atoms with Crippen LogP contribution in [0.1, 0.15) is 29.5 Å². The molecule has 1 aromatic carbocycles. The summed E-state index contributed by atoms with van der Waals surface area (Å²) in [6, 6.07) is 6.21. The fourth-order valence-corrected chi connectivity index (χ4v) is 2.61. The molecule has 1 saturated carbocycles. The minimum Gasteiger partial charge on any atom is -0.397 e. The lowest BCUT2D eigenvalue weighted by atomic mass is 10.0. The van der Waals surface area contributed by atoms with Gasteiger partial charge in [0, 0.05) is 42.9 Å². The van der Waals surface area contributed by atoms with Crippen molar-refractivity contribution in [1.29, 1.82) is 0 Å². The number of aryl methyl sites for hydroxylation is 1. The molecule has 1 saturated heterocycles. The summed E-state index contributed by atoms with van der Waals surface area (Å²) in [5.74, 6) is 7.17. The van der Waals surface area contributed by atoms with Crippen LogP contribution in [-0.2, 0) is 4.74 Å². The Balaban J connectivity index is 1.58. The van der Waals surface area contributed by atoms with Crippen LogP contribution in [0.4, 0.5) is 0 Å². The monoisotopic (exact) mass is 311 g/mol. The first-order valence-electron chi connectivity index (χ1n) is 8.36. The smallest absolute Gasteiger partial charge is 0.0871 e. The normalized spacial score (nSPS) is 21.4. The predicted octanol–water partition coefficient (Wildman–Crippen LogP) is 1.59. The average Bonchev–Trinajstić information content (AvgIpc) is 3.38. The third-order valence-corrected chi connectivity index (χ3v) is 4.14. The lowest BCUT2D eigenvalue weighted by molar-refractivity contribution is 0.0312. The molecule has 1 aliphatic heterocycles. The van der Waals surface area contributed by atoms with Crippen molar-refractivity contribution in [1.82, 2.24) is 10.6 Å². The number of morpholine rings is 1. The maximum atomic E-state index is 6.20. The van der Waals surface area contributed by atoms with Gasteiger partial charge >= 0.3 is 0 Å². The van der Waals surface area contributed by atoms with Crippen molar-refractivity contribution in [2.24, 2.45) is 11.7 Å². The second kappa shape index (κ2) is 7.54. The molecule has 0 bridgehead atoms. The molecule has 4 heteroatoms. The van der Waals surface area contributed by atoms with Crippen molar-refractivity contribution in [3.05, 3.63) is 41.1 Å². The molecule has 1 heterocycles. The first-order valence-corrected chi connectivity index (χ1v) is 8.36. The van der Waals surface area contributed by atoms with Gasteiger partial charge in [-0.15, -0.1) is 0 Å². The standard InChI is InChI=1S/C19H25N3O/c1-14-10-16(5-4-15-2-3-15)6-7-18(14)19(20)13-22-12-17-11-21-8-9-23-17/h6-7,10,13,15,17,21-22H,2-3,8-9,11-12,20H2,1H3/b19-13-. The summed E-state index contributed by atoms with van der Waals surface area (Å²) in [5, 5.41) is 6.58. The van der Waals surface area contributed by atoms with Gasteiger partial charge in [0.1, 0.15) is 0 Å². The van der Waals surface area contributed by atoms with E-state index in [2.05, 4.69) is 41.5 Å². The molecule has 1 aromatic rings. The van der Waals surface area contributed by atoms with Crippen LogP contribution in [0.15, 0.2) is 24.4 Å². The van der Waals surface area contributed by atoms with Crippen molar-refractivity contribution in [2.45, 2.75) is 25.9 Å². The summed E-state index contributed by atoms with van der Waals surface area (Å²) in [6.07, 6.45) is 4.58. The minimum absolute atomic E-state index is 0.203. The molecule has 23 heavy (non-hydrogen) atoms. The van der Waals surface area contributed by atoms with E-state index in [0.29, 0.717) is 5.92 Å². The van der Waals surface area contributed by atoms with E-state index in [1.807, 2.05) is 12.3 Å². The van der Waals surface area contributed by atoms with Gasteiger partial charge in [-0.2, -0.15) is 0 Å². The van der Waals surface area contributed by atoms with Crippen LogP contribution < -0.4 is 16.4 Å². The topological polar surface area (TPSA) is 59.3 Å². The van der Waals surface area contributed by atoms with E-state index >= 15 is 0 Å². The van der Waals surface area contributed by atoms with Gasteiger partial charge in [-0.25, -0.2) is 0 Å². The molecule has 0 aromatic heterocycles. The van der Waals surface area contributed by atoms with Gasteiger partial charge in [0.2, 0.25) is 0 Å². The highest BCUT2D eigenvalue weighted by molar-refractivity contribution is 5.66. The van der Waals surface area contributed by atoms with Gasteiger partial charge in [-0.1, -0.05) is 17.9 Å². The summed E-state index contributed by atoms with van der Waals surface area (Å²) in [7, 11) is 0. The molecule has 0 radical (unpaired) electrons. The Labute approximate surface area is 138 Å². The minimum atomic E-state index is 0.203. The van der Waals surface area contributed by atoms with Crippen molar-refractivity contribution in [2.75, 3.05) is 26.2 Å². The number of hydrogen-bond acceptors (Lipinski definition) is 4. The Hall–Kier alpha value is -1.96. The Morgan fingerprint density at radius 1 is 1.48 bits per heavy atom. The largest absolute Gasteiger partial charge is 0.397 e. The van der Waals surface area contributed by atoms with Crippen LogP contribution >= 0.6 is 0 Å². The van der Waals surface area contributed by atoms with E-state index in [9.17, 15) is 0 Å². The van der Waals surface area contributed by atoms with Crippen molar-refractivity contribution >= 4 is 5.70 Å². The van der Waals surface area contributed by atoms with Crippen molar-refractivity contribution in [3.8, 4) is 11.8 Å². The quantitative estimate of drug-likeness (QED) is 0.739. The van der Waals surface area contributed by atoms with Gasteiger partial charge in [0.05, 0.1) is 18.4 Å². The Bertz CT molecular complexity index is 632. The van der Waals surface area contributed by atoms with Crippen LogP contribution in [0.3, 0.4) is 0 Å². The molecule has 3 rings (SSSR count). The zero-order valence-electron chi connectivity index (χ0n) is 13.7. The molecule has 4 N–H and O–H groups in total. The molecule has 2 fully saturated rings. The SMILES string of the molecule is Cc1cc(C#CC2CC2)ccc1/C(N)=C/NCC1CNCCO1. The number of nitrogens with one attached hydrogen (secondary N) is 2. The van der Waals surface area contributed by atoms with E-state index in [1.54, 1.807) is 0 Å². The third-order valence-electron chi connectivity index (χ3n) is 4.14. The second-order valence-corrected chi connectivity index (χ2v) is 6.28. The van der Waals surface area contributed by atoms with Gasteiger partial charge in [-0.3, -0.25) is 0 Å². The Kier molecular flexibility index (Phi) is 5.22. The van der Waals surface area contributed by atoms with Crippen LogP contribution in [0.2, 0.25) is 0 Å². The number of benzene rings is 1. The summed E-state index contributed by atoms with van der Waals surface area (Å²) in [6.45, 7) is 5.43. The van der Waals surface area contributed by atoms with Gasteiger partial charge in [0.15, 0.2) is 0 Å². The molecular weight excluding hydrogens is 286 g/mol. The first kappa shape index (κ1) is 15.9. The van der Waals surface area contributed by atoms with Crippen LogP contribution in [0.5, 0.6) is 0 Å². The molecule has 0 spiro atoms. The fraction of sp³-hybridized carbons (Fsp3) is 0.474. The highest BCUT2D eigenvalue weighted by Gasteiger charge is 2.17. The van der Waals surface area contributed by atoms with Gasteiger partial charge < -0.3 is 21.1 Å². The van der Waals surface area contributed by atoms with Crippen molar-refractivity contribution in [3.63, 3.8) is 0 Å². The Morgan fingerprint density at radius 2 is 2.35 bits per heavy atom. The molecule has 4 nitrogen and oxygen atoms in total. The molecule has 2 aliphatic rings. The molecule has 1 aliphatic carbocycles. The second-order valence-electron chi connectivity index (χ2n) is 6.28. The Morgan fingerprint density at radius 3 is 3.04 bits per heavy atom. The third kappa shape index (κ3) is 4.75. The van der Waals surface area contributed by atoms with E-state index in [0.717, 1.165) is 48.6 Å². The van der Waals surface area contributed by atoms with Gasteiger partial charge in [0.25, 0.3) is 0 Å². The van der Waals surface area contributed by atoms with E-state index in [4.69, 9.17) is 10.5 Å². The molecule has 1 atom stereocenters. The molecule has 0 amide bonds. The number of nitrogens with two attached hydrogens (primary N) is 1. The zero-order valence-corrected chi connectivity index (χ0v) is 13.7. The summed E-state index contributed by atoms with van der Waals surface area (Å²) < 4.78 is 5.65. The summed E-state index contributed by atoms with van der Waals surface area (Å²) in [5.41, 5.74) is 10.2. The van der Waals surface area contributed by atoms with Crippen LogP contribution in [0, 0.1) is 24.7 Å². The number of ether oxygens (including phenoxy) is 1. The maximum absolute atomic E-state index is 6.20. The van der Waals surface area contributed by atoms with E-state index in [1.165, 1.54) is 12.8 Å². The van der Waals surface area contributed by atoms with Crippen molar-refractivity contribution < 1.29 is 4.74 Å². The lowest BCUT2D eigenvalue weighted by Crippen LogP contribution is -2.43. The van der Waals surface area contributed by atoms with E-state index in [-0.39, 0.29) is 6.10 Å². The van der Waals surface area contributed by atoms with Crippen LogP contribution in [0.25, 0.3) is 5.70 Å². The average molecular weight is 311 g/mol. The predicted molar refractivity (Wildman–Crippen MR) is 93.6 cm³/mol. The highest BCUT2D eigenvalue weighted by Crippen LogP contribution is 2.27. The van der Waals surface area contributed by atoms with Gasteiger partial charge in [-0.05, 0) is 37.5 Å². The first-order chi connectivity index (χ1) is 11.2. The molecule has 1 unspecified atom stereocenters. The van der Waals surface area contributed by atoms with E-state index < -0.39 is 0 Å². The molecular formula is C19H25N3O. The zero-order chi connectivity index (χ0) is 16.1. The lowest BCUT2D eigenvalue weighted by Gasteiger charge is -2.23.